The lowest BCUT2D eigenvalue weighted by molar-refractivity contribution is 0.169. The fourth-order valence-corrected chi connectivity index (χ4v) is 2.10. The summed E-state index contributed by atoms with van der Waals surface area (Å²) >= 11 is 5.09. The van der Waals surface area contributed by atoms with Gasteiger partial charge in [0.2, 0.25) is 5.95 Å². The number of nitrogens with one attached hydrogen (secondary N) is 1. The Balaban J connectivity index is 2.51. The van der Waals surface area contributed by atoms with Gasteiger partial charge in [0.15, 0.2) is 4.77 Å². The molecular formula is C7H12N4S. The maximum atomic E-state index is 5.69. The molecule has 66 valence electrons. The maximum Gasteiger partial charge on any atom is 0.220 e. The number of aromatic amines is 1. The van der Waals surface area contributed by atoms with Crippen molar-refractivity contribution >= 4 is 18.2 Å². The number of hydrogen-bond donors (Lipinski definition) is 2. The first-order chi connectivity index (χ1) is 5.63. The number of aromatic nitrogens is 3. The maximum absolute atomic E-state index is 5.69. The molecule has 0 unspecified atom stereocenters. The Kier molecular flexibility index (Phi) is 1.51. The number of hydrogen-bond acceptors (Lipinski definition) is 3. The second-order valence-corrected chi connectivity index (χ2v) is 3.96. The molecule has 0 radical (unpaired) electrons. The van der Waals surface area contributed by atoms with Crippen LogP contribution in [0.3, 0.4) is 0 Å². The van der Waals surface area contributed by atoms with Gasteiger partial charge >= 0.3 is 0 Å². The van der Waals surface area contributed by atoms with E-state index in [2.05, 4.69) is 17.1 Å². The Morgan fingerprint density at radius 3 is 2.67 bits per heavy atom. The average molecular weight is 184 g/mol. The van der Waals surface area contributed by atoms with E-state index in [0.717, 1.165) is 12.8 Å². The second-order valence-electron chi connectivity index (χ2n) is 3.57. The minimum absolute atomic E-state index is 0.119. The third-order valence-electron chi connectivity index (χ3n) is 2.67. The minimum atomic E-state index is 0.119. The standard InChI is InChI=1S/C7H12N4S/c1-7(3-2-4-7)11-5(8)9-10-6(11)12/h2-4H2,1H3,(H2,8,9)(H,10,12). The molecule has 1 aromatic heterocycles. The van der Waals surface area contributed by atoms with Crippen molar-refractivity contribution in [3.8, 4) is 0 Å². The Hall–Kier alpha value is -0.840. The number of rotatable bonds is 1. The lowest BCUT2D eigenvalue weighted by atomic mass is 9.78. The fraction of sp³-hybridized carbons (Fsp3) is 0.714. The highest BCUT2D eigenvalue weighted by Gasteiger charge is 2.35. The van der Waals surface area contributed by atoms with Gasteiger partial charge in [0, 0.05) is 5.54 Å². The van der Waals surface area contributed by atoms with Gasteiger partial charge in [-0.1, -0.05) is 0 Å². The molecule has 0 bridgehead atoms. The van der Waals surface area contributed by atoms with Crippen molar-refractivity contribution in [3.63, 3.8) is 0 Å². The Bertz CT molecular complexity index is 347. The lowest BCUT2D eigenvalue weighted by Gasteiger charge is -2.39. The topological polar surface area (TPSA) is 59.6 Å². The van der Waals surface area contributed by atoms with Crippen LogP contribution in [0.5, 0.6) is 0 Å². The van der Waals surface area contributed by atoms with Gasteiger partial charge in [0.1, 0.15) is 0 Å². The van der Waals surface area contributed by atoms with E-state index in [0.29, 0.717) is 10.7 Å². The smallest absolute Gasteiger partial charge is 0.220 e. The van der Waals surface area contributed by atoms with E-state index in [1.807, 2.05) is 4.57 Å². The van der Waals surface area contributed by atoms with Crippen LogP contribution < -0.4 is 5.73 Å². The van der Waals surface area contributed by atoms with Crippen molar-refractivity contribution in [3.05, 3.63) is 4.77 Å². The van der Waals surface area contributed by atoms with Gasteiger partial charge in [-0.25, -0.2) is 5.10 Å². The van der Waals surface area contributed by atoms with E-state index in [4.69, 9.17) is 18.0 Å². The summed E-state index contributed by atoms with van der Waals surface area (Å²) in [6, 6.07) is 0. The molecule has 1 saturated carbocycles. The SMILES string of the molecule is CC1(n2c(N)n[nH]c2=S)CCC1. The first kappa shape index (κ1) is 7.79. The number of nitrogens with zero attached hydrogens (tertiary/aromatic N) is 2. The molecule has 1 heterocycles. The van der Waals surface area contributed by atoms with E-state index in [1.165, 1.54) is 6.42 Å². The zero-order valence-corrected chi connectivity index (χ0v) is 7.82. The van der Waals surface area contributed by atoms with Crippen LogP contribution in [-0.4, -0.2) is 14.8 Å². The first-order valence-electron chi connectivity index (χ1n) is 4.07. The van der Waals surface area contributed by atoms with Crippen molar-refractivity contribution in [1.29, 1.82) is 0 Å². The van der Waals surface area contributed by atoms with Crippen LogP contribution in [0.25, 0.3) is 0 Å². The normalized spacial score (nSPS) is 20.4. The summed E-state index contributed by atoms with van der Waals surface area (Å²) in [7, 11) is 0. The predicted octanol–water partition coefficient (Wildman–Crippen LogP) is 1.42. The molecule has 0 atom stereocenters. The number of nitrogen functional groups attached to an aromatic ring is 1. The highest BCUT2D eigenvalue weighted by molar-refractivity contribution is 7.71. The highest BCUT2D eigenvalue weighted by Crippen LogP contribution is 2.39. The van der Waals surface area contributed by atoms with Gasteiger partial charge in [-0.05, 0) is 38.4 Å². The summed E-state index contributed by atoms with van der Waals surface area (Å²) in [6.07, 6.45) is 3.54. The predicted molar refractivity (Wildman–Crippen MR) is 49.3 cm³/mol. The van der Waals surface area contributed by atoms with Gasteiger partial charge in [-0.15, -0.1) is 5.10 Å². The molecule has 12 heavy (non-hydrogen) atoms. The largest absolute Gasteiger partial charge is 0.368 e. The van der Waals surface area contributed by atoms with Crippen molar-refractivity contribution in [1.82, 2.24) is 14.8 Å². The molecule has 1 aliphatic rings. The molecule has 0 aliphatic heterocycles. The van der Waals surface area contributed by atoms with Crippen LogP contribution in [0.15, 0.2) is 0 Å². The van der Waals surface area contributed by atoms with E-state index >= 15 is 0 Å². The number of anilines is 1. The van der Waals surface area contributed by atoms with Crippen LogP contribution in [0.2, 0.25) is 0 Å². The minimum Gasteiger partial charge on any atom is -0.368 e. The highest BCUT2D eigenvalue weighted by atomic mass is 32.1. The van der Waals surface area contributed by atoms with Gasteiger partial charge in [-0.2, -0.15) is 0 Å². The van der Waals surface area contributed by atoms with Gasteiger partial charge in [0.25, 0.3) is 0 Å². The zero-order valence-electron chi connectivity index (χ0n) is 7.00. The summed E-state index contributed by atoms with van der Waals surface area (Å²) in [5, 5.41) is 6.59. The first-order valence-corrected chi connectivity index (χ1v) is 4.48. The van der Waals surface area contributed by atoms with Gasteiger partial charge in [0.05, 0.1) is 0 Å². The average Bonchev–Trinajstić information content (AvgIpc) is 2.27. The van der Waals surface area contributed by atoms with E-state index in [1.54, 1.807) is 0 Å². The summed E-state index contributed by atoms with van der Waals surface area (Å²) in [5.74, 6) is 0.502. The molecule has 2 rings (SSSR count). The van der Waals surface area contributed by atoms with Crippen LogP contribution in [0.4, 0.5) is 5.95 Å². The molecule has 4 nitrogen and oxygen atoms in total. The van der Waals surface area contributed by atoms with Crippen molar-refractivity contribution in [2.75, 3.05) is 5.73 Å². The number of H-pyrrole nitrogens is 1. The molecule has 1 fully saturated rings. The van der Waals surface area contributed by atoms with E-state index in [-0.39, 0.29) is 5.54 Å². The Morgan fingerprint density at radius 1 is 1.67 bits per heavy atom. The molecule has 0 spiro atoms. The molecule has 0 saturated heterocycles. The molecular weight excluding hydrogens is 172 g/mol. The van der Waals surface area contributed by atoms with Gasteiger partial charge < -0.3 is 5.73 Å². The summed E-state index contributed by atoms with van der Waals surface area (Å²) in [5.41, 5.74) is 5.81. The van der Waals surface area contributed by atoms with Gasteiger partial charge in [-0.3, -0.25) is 4.57 Å². The van der Waals surface area contributed by atoms with E-state index < -0.39 is 0 Å². The zero-order chi connectivity index (χ0) is 8.77. The molecule has 0 amide bonds. The molecule has 5 heteroatoms. The second kappa shape index (κ2) is 2.32. The van der Waals surface area contributed by atoms with Crippen molar-refractivity contribution < 1.29 is 0 Å². The Labute approximate surface area is 75.8 Å². The third-order valence-corrected chi connectivity index (χ3v) is 2.94. The quantitative estimate of drug-likeness (QED) is 0.649. The van der Waals surface area contributed by atoms with Crippen molar-refractivity contribution in [2.24, 2.45) is 0 Å². The molecule has 1 aromatic rings. The molecule has 3 N–H and O–H groups in total. The number of nitrogens with two attached hydrogens (primary N) is 1. The Morgan fingerprint density at radius 2 is 2.33 bits per heavy atom. The van der Waals surface area contributed by atoms with Crippen LogP contribution in [0, 0.1) is 4.77 Å². The summed E-state index contributed by atoms with van der Waals surface area (Å²) in [4.78, 5) is 0. The van der Waals surface area contributed by atoms with Crippen LogP contribution in [0.1, 0.15) is 26.2 Å². The summed E-state index contributed by atoms with van der Waals surface area (Å²) in [6.45, 7) is 2.16. The van der Waals surface area contributed by atoms with Crippen LogP contribution in [-0.2, 0) is 5.54 Å². The van der Waals surface area contributed by atoms with Crippen molar-refractivity contribution in [2.45, 2.75) is 31.7 Å². The fourth-order valence-electron chi connectivity index (χ4n) is 1.74. The third kappa shape index (κ3) is 0.891. The monoisotopic (exact) mass is 184 g/mol. The molecule has 1 aliphatic carbocycles. The molecule has 0 aromatic carbocycles. The summed E-state index contributed by atoms with van der Waals surface area (Å²) < 4.78 is 2.56. The van der Waals surface area contributed by atoms with Crippen LogP contribution >= 0.6 is 12.2 Å². The lowest BCUT2D eigenvalue weighted by Crippen LogP contribution is -2.38. The van der Waals surface area contributed by atoms with E-state index in [9.17, 15) is 0 Å².